The molecule has 1 aromatic carbocycles. The third-order valence-corrected chi connectivity index (χ3v) is 2.62. The maximum Gasteiger partial charge on any atom is 0.270 e. The number of non-ortho nitro benzene ring substituents is 1. The van der Waals surface area contributed by atoms with Gasteiger partial charge < -0.3 is 4.74 Å². The summed E-state index contributed by atoms with van der Waals surface area (Å²) in [6.45, 7) is 0.449. The highest BCUT2D eigenvalue weighted by Crippen LogP contribution is 2.27. The van der Waals surface area contributed by atoms with E-state index in [0.29, 0.717) is 17.2 Å². The van der Waals surface area contributed by atoms with Gasteiger partial charge in [-0.05, 0) is 24.5 Å². The summed E-state index contributed by atoms with van der Waals surface area (Å²) < 4.78 is 6.20. The maximum atomic E-state index is 10.6. The van der Waals surface area contributed by atoms with Crippen LogP contribution in [0, 0.1) is 10.1 Å². The van der Waals surface area contributed by atoms with Gasteiger partial charge in [-0.2, -0.15) is 0 Å². The molecule has 1 saturated carbocycles. The van der Waals surface area contributed by atoms with E-state index in [-0.39, 0.29) is 5.69 Å². The van der Waals surface area contributed by atoms with Crippen molar-refractivity contribution in [2.24, 2.45) is 0 Å². The van der Waals surface area contributed by atoms with E-state index in [1.807, 2.05) is 6.07 Å². The lowest BCUT2D eigenvalue weighted by atomic mass is 10.2. The molecule has 0 saturated heterocycles. The Balaban J connectivity index is 2.10. The van der Waals surface area contributed by atoms with E-state index in [9.17, 15) is 10.1 Å². The van der Waals surface area contributed by atoms with Gasteiger partial charge in [0.1, 0.15) is 0 Å². The lowest BCUT2D eigenvalue weighted by Crippen LogP contribution is -1.96. The van der Waals surface area contributed by atoms with E-state index in [4.69, 9.17) is 4.74 Å². The summed E-state index contributed by atoms with van der Waals surface area (Å²) in [5.74, 6) is 0. The Morgan fingerprint density at radius 2 is 2.20 bits per heavy atom. The molecule has 0 radical (unpaired) electrons. The quantitative estimate of drug-likeness (QED) is 0.625. The van der Waals surface area contributed by atoms with Crippen molar-refractivity contribution in [1.29, 1.82) is 0 Å². The molecule has 0 aromatic heterocycles. The van der Waals surface area contributed by atoms with Gasteiger partial charge in [0.05, 0.1) is 17.6 Å². The molecule has 1 aliphatic carbocycles. The van der Waals surface area contributed by atoms with Crippen LogP contribution in [0.1, 0.15) is 18.4 Å². The summed E-state index contributed by atoms with van der Waals surface area (Å²) in [4.78, 5) is 10.2. The van der Waals surface area contributed by atoms with Crippen LogP contribution in [-0.2, 0) is 11.3 Å². The summed E-state index contributed by atoms with van der Waals surface area (Å²) in [7, 11) is 0. The van der Waals surface area contributed by atoms with Crippen LogP contribution in [0.15, 0.2) is 22.7 Å². The monoisotopic (exact) mass is 271 g/mol. The molecule has 0 N–H and O–H groups in total. The smallest absolute Gasteiger partial charge is 0.270 e. The van der Waals surface area contributed by atoms with Gasteiger partial charge >= 0.3 is 0 Å². The minimum absolute atomic E-state index is 0.0961. The van der Waals surface area contributed by atoms with Crippen LogP contribution in [0.2, 0.25) is 0 Å². The maximum absolute atomic E-state index is 10.6. The van der Waals surface area contributed by atoms with Crippen LogP contribution in [0.25, 0.3) is 0 Å². The fourth-order valence-electron chi connectivity index (χ4n) is 1.27. The van der Waals surface area contributed by atoms with Gasteiger partial charge in [-0.25, -0.2) is 0 Å². The second-order valence-electron chi connectivity index (χ2n) is 3.59. The highest BCUT2D eigenvalue weighted by Gasteiger charge is 2.22. The molecule has 4 nitrogen and oxygen atoms in total. The molecule has 0 amide bonds. The van der Waals surface area contributed by atoms with Crippen molar-refractivity contribution < 1.29 is 9.66 Å². The molecule has 1 aliphatic rings. The van der Waals surface area contributed by atoms with Crippen molar-refractivity contribution in [2.75, 3.05) is 0 Å². The van der Waals surface area contributed by atoms with Crippen molar-refractivity contribution in [3.63, 3.8) is 0 Å². The first-order valence-corrected chi connectivity index (χ1v) is 5.50. The van der Waals surface area contributed by atoms with Gasteiger partial charge in [0.2, 0.25) is 0 Å². The molecule has 1 aromatic rings. The zero-order valence-corrected chi connectivity index (χ0v) is 9.57. The Labute approximate surface area is 95.5 Å². The van der Waals surface area contributed by atoms with E-state index in [0.717, 1.165) is 18.4 Å². The molecule has 0 unspecified atom stereocenters. The normalized spacial score (nSPS) is 15.3. The molecule has 15 heavy (non-hydrogen) atoms. The van der Waals surface area contributed by atoms with Crippen LogP contribution >= 0.6 is 15.9 Å². The summed E-state index contributed by atoms with van der Waals surface area (Å²) in [5.41, 5.74) is 0.932. The minimum Gasteiger partial charge on any atom is -0.374 e. The van der Waals surface area contributed by atoms with Gasteiger partial charge in [0.25, 0.3) is 5.69 Å². The summed E-state index contributed by atoms with van der Waals surface area (Å²) in [6, 6.07) is 4.88. The zero-order valence-electron chi connectivity index (χ0n) is 7.98. The molecular weight excluding hydrogens is 262 g/mol. The Kier molecular flexibility index (Phi) is 3.02. The molecule has 0 aliphatic heterocycles. The lowest BCUT2D eigenvalue weighted by Gasteiger charge is -2.03. The largest absolute Gasteiger partial charge is 0.374 e. The van der Waals surface area contributed by atoms with Gasteiger partial charge in [-0.15, -0.1) is 0 Å². The lowest BCUT2D eigenvalue weighted by molar-refractivity contribution is -0.385. The van der Waals surface area contributed by atoms with Crippen molar-refractivity contribution >= 4 is 21.6 Å². The third kappa shape index (κ3) is 3.00. The minimum atomic E-state index is -0.397. The zero-order chi connectivity index (χ0) is 10.8. The summed E-state index contributed by atoms with van der Waals surface area (Å²) in [5, 5.41) is 10.6. The van der Waals surface area contributed by atoms with E-state index in [2.05, 4.69) is 15.9 Å². The van der Waals surface area contributed by atoms with E-state index in [1.165, 1.54) is 6.07 Å². The predicted molar refractivity (Wildman–Crippen MR) is 58.6 cm³/mol. The van der Waals surface area contributed by atoms with Crippen LogP contribution in [0.4, 0.5) is 5.69 Å². The fraction of sp³-hybridized carbons (Fsp3) is 0.400. The number of halogens is 1. The molecule has 0 spiro atoms. The Bertz CT molecular complexity index is 390. The second kappa shape index (κ2) is 4.28. The Morgan fingerprint density at radius 1 is 1.47 bits per heavy atom. The van der Waals surface area contributed by atoms with Crippen LogP contribution in [0.5, 0.6) is 0 Å². The average Bonchev–Trinajstić information content (AvgIpc) is 2.97. The van der Waals surface area contributed by atoms with Crippen LogP contribution in [0.3, 0.4) is 0 Å². The molecule has 80 valence electrons. The molecule has 0 bridgehead atoms. The van der Waals surface area contributed by atoms with E-state index in [1.54, 1.807) is 6.07 Å². The summed E-state index contributed by atoms with van der Waals surface area (Å²) >= 11 is 3.24. The van der Waals surface area contributed by atoms with Crippen LogP contribution in [-0.4, -0.2) is 11.0 Å². The highest BCUT2D eigenvalue weighted by atomic mass is 79.9. The first-order chi connectivity index (χ1) is 7.15. The van der Waals surface area contributed by atoms with Crippen molar-refractivity contribution in [1.82, 2.24) is 0 Å². The van der Waals surface area contributed by atoms with Gasteiger partial charge in [-0.3, -0.25) is 10.1 Å². The van der Waals surface area contributed by atoms with Gasteiger partial charge in [0, 0.05) is 16.6 Å². The molecular formula is C10H10BrNO3. The molecule has 2 rings (SSSR count). The fourth-order valence-corrected chi connectivity index (χ4v) is 1.80. The Hall–Kier alpha value is -0.940. The average molecular weight is 272 g/mol. The van der Waals surface area contributed by atoms with Gasteiger partial charge in [-0.1, -0.05) is 15.9 Å². The van der Waals surface area contributed by atoms with Crippen molar-refractivity contribution in [3.05, 3.63) is 38.3 Å². The number of benzene rings is 1. The second-order valence-corrected chi connectivity index (χ2v) is 4.50. The Morgan fingerprint density at radius 3 is 2.80 bits per heavy atom. The first kappa shape index (κ1) is 10.6. The summed E-state index contributed by atoms with van der Waals surface area (Å²) in [6.07, 6.45) is 2.58. The predicted octanol–water partition coefficient (Wildman–Crippen LogP) is 3.04. The topological polar surface area (TPSA) is 52.4 Å². The van der Waals surface area contributed by atoms with Crippen LogP contribution < -0.4 is 0 Å². The molecule has 5 heteroatoms. The first-order valence-electron chi connectivity index (χ1n) is 4.70. The molecule has 0 atom stereocenters. The number of nitrogens with zero attached hydrogens (tertiary/aromatic N) is 1. The van der Waals surface area contributed by atoms with Gasteiger partial charge in [0.15, 0.2) is 0 Å². The molecule has 1 fully saturated rings. The number of nitro benzene ring substituents is 1. The number of nitro groups is 1. The number of hydrogen-bond donors (Lipinski definition) is 0. The number of rotatable bonds is 4. The van der Waals surface area contributed by atoms with Crippen molar-refractivity contribution in [3.8, 4) is 0 Å². The van der Waals surface area contributed by atoms with Crippen molar-refractivity contribution in [2.45, 2.75) is 25.6 Å². The highest BCUT2D eigenvalue weighted by molar-refractivity contribution is 9.10. The number of ether oxygens (including phenoxy) is 1. The SMILES string of the molecule is O=[N+]([O-])c1cc(Br)cc(COC2CC2)c1. The van der Waals surface area contributed by atoms with E-state index < -0.39 is 4.92 Å². The third-order valence-electron chi connectivity index (χ3n) is 2.16. The molecule has 0 heterocycles. The number of hydrogen-bond acceptors (Lipinski definition) is 3. The standard InChI is InChI=1S/C10H10BrNO3/c11-8-3-7(6-15-10-1-2-10)4-9(5-8)12(13)14/h3-5,10H,1-2,6H2. The van der Waals surface area contributed by atoms with E-state index >= 15 is 0 Å².